The van der Waals surface area contributed by atoms with Crippen LogP contribution >= 0.6 is 11.8 Å². The minimum absolute atomic E-state index is 0.210. The number of nitrogens with one attached hydrogen (secondary N) is 2. The van der Waals surface area contributed by atoms with Crippen LogP contribution in [0.25, 0.3) is 0 Å². The maximum absolute atomic E-state index is 13.8. The second-order valence-corrected chi connectivity index (χ2v) is 8.05. The Morgan fingerprint density at radius 1 is 1.12 bits per heavy atom. The number of carbonyl (C=O) groups is 1. The minimum atomic E-state index is -4.22. The van der Waals surface area contributed by atoms with Gasteiger partial charge in [-0.05, 0) is 54.8 Å². The molecule has 1 amide bonds. The van der Waals surface area contributed by atoms with E-state index < -0.39 is 38.5 Å². The molecule has 0 bridgehead atoms. The molecule has 0 saturated carbocycles. The molecule has 0 saturated heterocycles. The van der Waals surface area contributed by atoms with Crippen molar-refractivity contribution in [2.75, 3.05) is 17.3 Å². The normalized spacial score (nSPS) is 12.6. The number of halogens is 2. The molecule has 0 aromatic heterocycles. The highest BCUT2D eigenvalue weighted by molar-refractivity contribution is 7.98. The van der Waals surface area contributed by atoms with Crippen molar-refractivity contribution in [2.24, 2.45) is 0 Å². The molecule has 26 heavy (non-hydrogen) atoms. The van der Waals surface area contributed by atoms with Crippen LogP contribution < -0.4 is 10.0 Å². The first-order chi connectivity index (χ1) is 12.3. The van der Waals surface area contributed by atoms with Gasteiger partial charge in [0.2, 0.25) is 15.9 Å². The van der Waals surface area contributed by atoms with E-state index in [9.17, 15) is 22.0 Å². The maximum Gasteiger partial charge on any atom is 0.244 e. The molecule has 2 aromatic rings. The lowest BCUT2D eigenvalue weighted by Crippen LogP contribution is -2.44. The highest BCUT2D eigenvalue weighted by Gasteiger charge is 2.27. The average Bonchev–Trinajstić information content (AvgIpc) is 2.60. The van der Waals surface area contributed by atoms with Gasteiger partial charge in [0.1, 0.15) is 22.6 Å². The smallest absolute Gasteiger partial charge is 0.244 e. The van der Waals surface area contributed by atoms with Crippen molar-refractivity contribution in [3.8, 4) is 0 Å². The minimum Gasteiger partial charge on any atom is -0.325 e. The molecule has 5 nitrogen and oxygen atoms in total. The molecule has 0 radical (unpaired) electrons. The Morgan fingerprint density at radius 2 is 1.77 bits per heavy atom. The fourth-order valence-electron chi connectivity index (χ4n) is 2.16. The number of rotatable bonds is 8. The number of sulfonamides is 1. The fraction of sp³-hybridized carbons (Fsp3) is 0.235. The van der Waals surface area contributed by atoms with E-state index in [1.807, 2.05) is 6.26 Å². The first kappa shape index (κ1) is 20.3. The third kappa shape index (κ3) is 5.52. The predicted molar refractivity (Wildman–Crippen MR) is 98.5 cm³/mol. The van der Waals surface area contributed by atoms with E-state index in [4.69, 9.17) is 0 Å². The van der Waals surface area contributed by atoms with E-state index in [1.165, 1.54) is 48.2 Å². The third-order valence-electron chi connectivity index (χ3n) is 3.46. The molecule has 2 N–H and O–H groups in total. The summed E-state index contributed by atoms with van der Waals surface area (Å²) in [6.07, 6.45) is 2.03. The van der Waals surface area contributed by atoms with Crippen LogP contribution in [0.2, 0.25) is 0 Å². The van der Waals surface area contributed by atoms with Gasteiger partial charge in [-0.2, -0.15) is 16.5 Å². The zero-order valence-electron chi connectivity index (χ0n) is 13.9. The fourth-order valence-corrected chi connectivity index (χ4v) is 3.94. The number of anilines is 1. The highest BCUT2D eigenvalue weighted by atomic mass is 32.2. The summed E-state index contributed by atoms with van der Waals surface area (Å²) < 4.78 is 53.9. The van der Waals surface area contributed by atoms with E-state index in [2.05, 4.69) is 10.0 Å². The molecular weight excluding hydrogens is 382 g/mol. The molecule has 2 aromatic carbocycles. The highest BCUT2D eigenvalue weighted by Crippen LogP contribution is 2.16. The summed E-state index contributed by atoms with van der Waals surface area (Å²) in [5, 5.41) is 2.53. The Morgan fingerprint density at radius 3 is 2.38 bits per heavy atom. The van der Waals surface area contributed by atoms with Gasteiger partial charge >= 0.3 is 0 Å². The number of benzene rings is 2. The second-order valence-electron chi connectivity index (χ2n) is 5.38. The summed E-state index contributed by atoms with van der Waals surface area (Å²) in [5.41, 5.74) is 0.329. The largest absolute Gasteiger partial charge is 0.325 e. The lowest BCUT2D eigenvalue weighted by molar-refractivity contribution is -0.117. The van der Waals surface area contributed by atoms with Gasteiger partial charge in [0.25, 0.3) is 0 Å². The molecule has 1 atom stereocenters. The van der Waals surface area contributed by atoms with Crippen molar-refractivity contribution in [1.82, 2.24) is 4.72 Å². The summed E-state index contributed by atoms with van der Waals surface area (Å²) in [5.74, 6) is -1.45. The average molecular weight is 400 g/mol. The zero-order chi connectivity index (χ0) is 19.2. The van der Waals surface area contributed by atoms with Crippen LogP contribution in [0.5, 0.6) is 0 Å². The van der Waals surface area contributed by atoms with Crippen molar-refractivity contribution in [3.63, 3.8) is 0 Å². The SMILES string of the molecule is CSCCC(NS(=O)(=O)c1ccccc1F)C(=O)Nc1ccc(F)cc1. The number of amides is 1. The molecule has 140 valence electrons. The molecule has 0 heterocycles. The summed E-state index contributed by atoms with van der Waals surface area (Å²) in [4.78, 5) is 11.9. The van der Waals surface area contributed by atoms with Gasteiger partial charge in [-0.25, -0.2) is 17.2 Å². The van der Waals surface area contributed by atoms with Crippen molar-refractivity contribution >= 4 is 33.4 Å². The Bertz CT molecular complexity index is 859. The van der Waals surface area contributed by atoms with Crippen LogP contribution in [0, 0.1) is 11.6 Å². The van der Waals surface area contributed by atoms with E-state index in [1.54, 1.807) is 0 Å². The predicted octanol–water partition coefficient (Wildman–Crippen LogP) is 3.00. The van der Waals surface area contributed by atoms with Gasteiger partial charge < -0.3 is 5.32 Å². The van der Waals surface area contributed by atoms with Crippen LogP contribution in [-0.4, -0.2) is 32.4 Å². The molecule has 0 fully saturated rings. The lowest BCUT2D eigenvalue weighted by atomic mass is 10.2. The summed E-state index contributed by atoms with van der Waals surface area (Å²) in [6, 6.07) is 8.91. The van der Waals surface area contributed by atoms with Gasteiger partial charge in [0, 0.05) is 5.69 Å². The maximum atomic E-state index is 13.8. The van der Waals surface area contributed by atoms with Gasteiger partial charge in [-0.15, -0.1) is 0 Å². The summed E-state index contributed by atoms with van der Waals surface area (Å²) in [6.45, 7) is 0. The van der Waals surface area contributed by atoms with Crippen LogP contribution in [0.4, 0.5) is 14.5 Å². The number of hydrogen-bond acceptors (Lipinski definition) is 4. The van der Waals surface area contributed by atoms with Crippen LogP contribution in [0.1, 0.15) is 6.42 Å². The van der Waals surface area contributed by atoms with Crippen LogP contribution in [0.3, 0.4) is 0 Å². The Hall–Kier alpha value is -1.97. The summed E-state index contributed by atoms with van der Waals surface area (Å²) in [7, 11) is -4.22. The molecule has 0 aliphatic rings. The Labute approximate surface area is 155 Å². The molecule has 1 unspecified atom stereocenters. The molecule has 0 aliphatic heterocycles. The van der Waals surface area contributed by atoms with E-state index in [0.717, 1.165) is 12.1 Å². The first-order valence-electron chi connectivity index (χ1n) is 7.65. The third-order valence-corrected chi connectivity index (χ3v) is 5.61. The zero-order valence-corrected chi connectivity index (χ0v) is 15.5. The molecule has 2 rings (SSSR count). The first-order valence-corrected chi connectivity index (χ1v) is 10.5. The topological polar surface area (TPSA) is 75.3 Å². The van der Waals surface area contributed by atoms with E-state index in [-0.39, 0.29) is 6.42 Å². The molecule has 0 aliphatic carbocycles. The lowest BCUT2D eigenvalue weighted by Gasteiger charge is -2.18. The summed E-state index contributed by atoms with van der Waals surface area (Å²) >= 11 is 1.44. The van der Waals surface area contributed by atoms with Crippen molar-refractivity contribution in [1.29, 1.82) is 0 Å². The van der Waals surface area contributed by atoms with Crippen molar-refractivity contribution in [3.05, 3.63) is 60.2 Å². The van der Waals surface area contributed by atoms with Crippen LogP contribution in [0.15, 0.2) is 53.4 Å². The van der Waals surface area contributed by atoms with Gasteiger partial charge in [0.15, 0.2) is 0 Å². The van der Waals surface area contributed by atoms with E-state index in [0.29, 0.717) is 11.4 Å². The quantitative estimate of drug-likeness (QED) is 0.714. The molecule has 0 spiro atoms. The standard InChI is InChI=1S/C17H18F2N2O3S2/c1-25-11-10-15(17(22)20-13-8-6-12(18)7-9-13)21-26(23,24)16-5-3-2-4-14(16)19/h2-9,15,21H,10-11H2,1H3,(H,20,22). The van der Waals surface area contributed by atoms with Crippen molar-refractivity contribution < 1.29 is 22.0 Å². The number of hydrogen-bond donors (Lipinski definition) is 2. The van der Waals surface area contributed by atoms with Crippen molar-refractivity contribution in [2.45, 2.75) is 17.4 Å². The molecular formula is C17H18F2N2O3S2. The second kappa shape index (κ2) is 9.11. The Balaban J connectivity index is 2.19. The number of carbonyl (C=O) groups excluding carboxylic acids is 1. The monoisotopic (exact) mass is 400 g/mol. The molecule has 9 heteroatoms. The Kier molecular flexibility index (Phi) is 7.13. The number of thioether (sulfide) groups is 1. The van der Waals surface area contributed by atoms with E-state index >= 15 is 0 Å². The van der Waals surface area contributed by atoms with Gasteiger partial charge in [-0.3, -0.25) is 4.79 Å². The van der Waals surface area contributed by atoms with Gasteiger partial charge in [-0.1, -0.05) is 12.1 Å². The van der Waals surface area contributed by atoms with Gasteiger partial charge in [0.05, 0.1) is 0 Å². The van der Waals surface area contributed by atoms with Crippen LogP contribution in [-0.2, 0) is 14.8 Å².